The van der Waals surface area contributed by atoms with Crippen molar-refractivity contribution in [2.75, 3.05) is 13.1 Å². The smallest absolute Gasteiger partial charge is 0.230 e. The lowest BCUT2D eigenvalue weighted by atomic mass is 9.82. The van der Waals surface area contributed by atoms with Crippen molar-refractivity contribution in [3.8, 4) is 11.3 Å². The van der Waals surface area contributed by atoms with Crippen molar-refractivity contribution in [3.63, 3.8) is 0 Å². The van der Waals surface area contributed by atoms with E-state index in [1.54, 1.807) is 0 Å². The van der Waals surface area contributed by atoms with Crippen LogP contribution in [0, 0.1) is 6.92 Å². The average Bonchev–Trinajstić information content (AvgIpc) is 3.13. The molecule has 0 bridgehead atoms. The van der Waals surface area contributed by atoms with Crippen molar-refractivity contribution < 1.29 is 4.79 Å². The van der Waals surface area contributed by atoms with Gasteiger partial charge in [0.05, 0.1) is 11.1 Å². The Kier molecular flexibility index (Phi) is 5.89. The highest BCUT2D eigenvalue weighted by Gasteiger charge is 2.32. The van der Waals surface area contributed by atoms with Gasteiger partial charge in [0.15, 0.2) is 0 Å². The van der Waals surface area contributed by atoms with Gasteiger partial charge in [-0.2, -0.15) is 0 Å². The average molecular weight is 419 g/mol. The van der Waals surface area contributed by atoms with E-state index < -0.39 is 5.41 Å². The molecule has 1 fully saturated rings. The zero-order chi connectivity index (χ0) is 22.2. The van der Waals surface area contributed by atoms with E-state index in [0.29, 0.717) is 5.92 Å². The molecule has 1 aliphatic heterocycles. The van der Waals surface area contributed by atoms with E-state index in [2.05, 4.69) is 64.8 Å². The standard InChI is InChI=1S/C26H34N4O/c1-16(2)23-21-14-19(26(4,5)25(31)29-20-7-6-11-27-15-20)8-9-22(21)30-24(23)18-10-12-28-17(3)13-18/h8-10,12-14,16,20,27,30H,6-7,11,15H2,1-5H3,(H,29,31). The number of fused-ring (bicyclic) bond motifs is 1. The summed E-state index contributed by atoms with van der Waals surface area (Å²) >= 11 is 0. The third-order valence-electron chi connectivity index (χ3n) is 6.52. The van der Waals surface area contributed by atoms with Crippen LogP contribution in [-0.4, -0.2) is 35.0 Å². The molecule has 1 saturated heterocycles. The molecular weight excluding hydrogens is 384 g/mol. The molecule has 0 radical (unpaired) electrons. The fourth-order valence-corrected chi connectivity index (χ4v) is 4.60. The van der Waals surface area contributed by atoms with Crippen molar-refractivity contribution in [2.24, 2.45) is 0 Å². The molecule has 0 aliphatic carbocycles. The molecule has 5 heteroatoms. The predicted octanol–water partition coefficient (Wildman–Crippen LogP) is 4.81. The van der Waals surface area contributed by atoms with Crippen LogP contribution in [-0.2, 0) is 10.2 Å². The number of carbonyl (C=O) groups excluding carboxylic acids is 1. The van der Waals surface area contributed by atoms with E-state index in [-0.39, 0.29) is 11.9 Å². The van der Waals surface area contributed by atoms with Crippen molar-refractivity contribution in [1.29, 1.82) is 0 Å². The maximum atomic E-state index is 13.2. The number of piperidine rings is 1. The van der Waals surface area contributed by atoms with E-state index in [1.165, 1.54) is 10.9 Å². The zero-order valence-corrected chi connectivity index (χ0v) is 19.3. The largest absolute Gasteiger partial charge is 0.354 e. The first-order chi connectivity index (χ1) is 14.8. The number of nitrogens with one attached hydrogen (secondary N) is 3. The maximum Gasteiger partial charge on any atom is 0.230 e. The Bertz CT molecular complexity index is 1090. The number of hydrogen-bond acceptors (Lipinski definition) is 3. The summed E-state index contributed by atoms with van der Waals surface area (Å²) in [6.45, 7) is 12.4. The second-order valence-electron chi connectivity index (χ2n) is 9.66. The molecular formula is C26H34N4O. The molecule has 1 amide bonds. The van der Waals surface area contributed by atoms with Crippen molar-refractivity contribution in [1.82, 2.24) is 20.6 Å². The maximum absolute atomic E-state index is 13.2. The summed E-state index contributed by atoms with van der Waals surface area (Å²) in [5.41, 5.74) is 6.12. The van der Waals surface area contributed by atoms with Crippen LogP contribution >= 0.6 is 0 Å². The molecule has 3 N–H and O–H groups in total. The number of aryl methyl sites for hydroxylation is 1. The number of hydrogen-bond donors (Lipinski definition) is 3. The first kappa shape index (κ1) is 21.6. The van der Waals surface area contributed by atoms with Gasteiger partial charge in [0.1, 0.15) is 0 Å². The number of aromatic amines is 1. The Morgan fingerprint density at radius 3 is 2.71 bits per heavy atom. The number of amides is 1. The monoisotopic (exact) mass is 418 g/mol. The summed E-state index contributed by atoms with van der Waals surface area (Å²) in [5, 5.41) is 7.83. The highest BCUT2D eigenvalue weighted by Crippen LogP contribution is 2.37. The molecule has 0 spiro atoms. The third kappa shape index (κ3) is 4.24. The van der Waals surface area contributed by atoms with E-state index in [4.69, 9.17) is 0 Å². The number of pyridine rings is 1. The van der Waals surface area contributed by atoms with Gasteiger partial charge < -0.3 is 15.6 Å². The van der Waals surface area contributed by atoms with E-state index >= 15 is 0 Å². The highest BCUT2D eigenvalue weighted by atomic mass is 16.2. The van der Waals surface area contributed by atoms with Gasteiger partial charge in [-0.1, -0.05) is 19.9 Å². The molecule has 1 unspecified atom stereocenters. The minimum atomic E-state index is -0.607. The Morgan fingerprint density at radius 1 is 1.23 bits per heavy atom. The van der Waals surface area contributed by atoms with Crippen LogP contribution in [0.2, 0.25) is 0 Å². The van der Waals surface area contributed by atoms with Crippen LogP contribution in [0.3, 0.4) is 0 Å². The normalized spacial score (nSPS) is 17.3. The van der Waals surface area contributed by atoms with E-state index in [9.17, 15) is 4.79 Å². The third-order valence-corrected chi connectivity index (χ3v) is 6.52. The van der Waals surface area contributed by atoms with Gasteiger partial charge >= 0.3 is 0 Å². The van der Waals surface area contributed by atoms with Crippen LogP contribution < -0.4 is 10.6 Å². The Labute approximate surface area is 185 Å². The second kappa shape index (κ2) is 8.46. The molecule has 164 valence electrons. The van der Waals surface area contributed by atoms with Gasteiger partial charge in [0.2, 0.25) is 5.91 Å². The van der Waals surface area contributed by atoms with Gasteiger partial charge in [0.25, 0.3) is 0 Å². The summed E-state index contributed by atoms with van der Waals surface area (Å²) in [6.07, 6.45) is 4.01. The molecule has 1 aliphatic rings. The summed E-state index contributed by atoms with van der Waals surface area (Å²) < 4.78 is 0. The van der Waals surface area contributed by atoms with Crippen molar-refractivity contribution in [2.45, 2.75) is 64.8 Å². The van der Waals surface area contributed by atoms with Gasteiger partial charge in [-0.25, -0.2) is 0 Å². The predicted molar refractivity (Wildman–Crippen MR) is 127 cm³/mol. The number of aromatic nitrogens is 2. The molecule has 4 rings (SSSR count). The number of benzene rings is 1. The van der Waals surface area contributed by atoms with Crippen molar-refractivity contribution >= 4 is 16.8 Å². The number of carbonyl (C=O) groups is 1. The summed E-state index contributed by atoms with van der Waals surface area (Å²) in [6, 6.07) is 10.8. The first-order valence-corrected chi connectivity index (χ1v) is 11.4. The van der Waals surface area contributed by atoms with Crippen LogP contribution in [0.25, 0.3) is 22.2 Å². The molecule has 1 aromatic carbocycles. The summed E-state index contributed by atoms with van der Waals surface area (Å²) in [7, 11) is 0. The number of rotatable bonds is 5. The molecule has 1 atom stereocenters. The SMILES string of the molecule is Cc1cc(-c2[nH]c3ccc(C(C)(C)C(=O)NC4CCCNC4)cc3c2C(C)C)ccn1. The molecule has 0 saturated carbocycles. The Hall–Kier alpha value is -2.66. The molecule has 3 aromatic rings. The van der Waals surface area contributed by atoms with Gasteiger partial charge in [0, 0.05) is 40.9 Å². The highest BCUT2D eigenvalue weighted by molar-refractivity contribution is 5.94. The van der Waals surface area contributed by atoms with Crippen LogP contribution in [0.5, 0.6) is 0 Å². The molecule has 3 heterocycles. The lowest BCUT2D eigenvalue weighted by Gasteiger charge is -2.30. The first-order valence-electron chi connectivity index (χ1n) is 11.4. The molecule has 5 nitrogen and oxygen atoms in total. The zero-order valence-electron chi connectivity index (χ0n) is 19.3. The van der Waals surface area contributed by atoms with Gasteiger partial charge in [-0.15, -0.1) is 0 Å². The minimum Gasteiger partial charge on any atom is -0.354 e. The summed E-state index contributed by atoms with van der Waals surface area (Å²) in [5.74, 6) is 0.435. The van der Waals surface area contributed by atoms with E-state index in [0.717, 1.165) is 54.0 Å². The quantitative estimate of drug-likeness (QED) is 0.557. The van der Waals surface area contributed by atoms with E-state index in [1.807, 2.05) is 27.0 Å². The fraction of sp³-hybridized carbons (Fsp3) is 0.462. The molecule has 2 aromatic heterocycles. The molecule has 31 heavy (non-hydrogen) atoms. The fourth-order valence-electron chi connectivity index (χ4n) is 4.60. The van der Waals surface area contributed by atoms with Crippen LogP contribution in [0.15, 0.2) is 36.5 Å². The van der Waals surface area contributed by atoms with Gasteiger partial charge in [-0.05, 0) is 81.5 Å². The van der Waals surface area contributed by atoms with Crippen LogP contribution in [0.4, 0.5) is 0 Å². The number of H-pyrrole nitrogens is 1. The number of nitrogens with zero attached hydrogens (tertiary/aromatic N) is 1. The van der Waals surface area contributed by atoms with Crippen molar-refractivity contribution in [3.05, 3.63) is 53.3 Å². The Balaban J connectivity index is 1.72. The minimum absolute atomic E-state index is 0.0900. The lowest BCUT2D eigenvalue weighted by molar-refractivity contribution is -0.126. The second-order valence-corrected chi connectivity index (χ2v) is 9.66. The van der Waals surface area contributed by atoms with Crippen LogP contribution in [0.1, 0.15) is 63.3 Å². The Morgan fingerprint density at radius 2 is 2.03 bits per heavy atom. The topological polar surface area (TPSA) is 69.8 Å². The lowest BCUT2D eigenvalue weighted by Crippen LogP contribution is -2.50. The summed E-state index contributed by atoms with van der Waals surface area (Å²) in [4.78, 5) is 21.2. The van der Waals surface area contributed by atoms with Gasteiger partial charge in [-0.3, -0.25) is 9.78 Å².